The maximum Gasteiger partial charge on any atom is 0.192 e. The minimum atomic E-state index is 0.944. The van der Waals surface area contributed by atoms with Gasteiger partial charge in [-0.25, -0.2) is 0 Å². The molecule has 0 atom stereocenters. The molecule has 0 bridgehead atoms. The fourth-order valence-electron chi connectivity index (χ4n) is 9.65. The quantitative estimate of drug-likeness (QED) is 0.0468. The Labute approximate surface area is 478 Å². The van der Waals surface area contributed by atoms with Crippen LogP contribution in [-0.2, 0) is 0 Å². The first-order valence-electron chi connectivity index (χ1n) is 32.2. The average molecular weight is 1120 g/mol. The molecule has 0 aliphatic carbocycles. The third-order valence-corrected chi connectivity index (χ3v) is 20.9. The van der Waals surface area contributed by atoms with E-state index in [1.54, 1.807) is 0 Å². The van der Waals surface area contributed by atoms with E-state index in [0.29, 0.717) is 0 Å². The zero-order chi connectivity index (χ0) is 51.4. The van der Waals surface area contributed by atoms with E-state index in [-0.39, 0.29) is 0 Å². The van der Waals surface area contributed by atoms with Gasteiger partial charge in [-0.05, 0) is 36.5 Å². The molecular formula is C63H123N3S6. The number of nitrogens with zero attached hydrogens (tertiary/aromatic N) is 3. The summed E-state index contributed by atoms with van der Waals surface area (Å²) < 4.78 is 0. The summed E-state index contributed by atoms with van der Waals surface area (Å²) in [6.45, 7) is 6.93. The number of aromatic nitrogens is 3. The first-order valence-corrected chi connectivity index (χ1v) is 38.6. The lowest BCUT2D eigenvalue weighted by Crippen LogP contribution is -2.00. The molecule has 1 heterocycles. The van der Waals surface area contributed by atoms with E-state index in [4.69, 9.17) is 15.0 Å². The second-order valence-corrected chi connectivity index (χ2v) is 28.3. The van der Waals surface area contributed by atoms with Crippen molar-refractivity contribution < 1.29 is 0 Å². The Morgan fingerprint density at radius 3 is 0.500 bits per heavy atom. The van der Waals surface area contributed by atoms with Crippen LogP contribution in [0.15, 0.2) is 15.5 Å². The molecule has 0 aliphatic heterocycles. The fraction of sp³-hybridized carbons (Fsp3) is 0.952. The summed E-state index contributed by atoms with van der Waals surface area (Å²) in [4.78, 5) is 14.9. The van der Waals surface area contributed by atoms with Crippen molar-refractivity contribution in [3.05, 3.63) is 0 Å². The van der Waals surface area contributed by atoms with E-state index in [2.05, 4.69) is 56.1 Å². The predicted octanol–water partition coefficient (Wildman–Crippen LogP) is 24.1. The van der Waals surface area contributed by atoms with Crippen LogP contribution in [-0.4, -0.2) is 66.7 Å². The topological polar surface area (TPSA) is 38.7 Å². The van der Waals surface area contributed by atoms with Crippen molar-refractivity contribution in [3.63, 3.8) is 0 Å². The summed E-state index contributed by atoms with van der Waals surface area (Å²) in [5.41, 5.74) is 0. The lowest BCUT2D eigenvalue weighted by atomic mass is 10.0. The van der Waals surface area contributed by atoms with Crippen LogP contribution in [0.4, 0.5) is 0 Å². The predicted molar refractivity (Wildman–Crippen MR) is 343 cm³/mol. The van der Waals surface area contributed by atoms with Crippen LogP contribution in [0.5, 0.6) is 0 Å². The highest BCUT2D eigenvalue weighted by Gasteiger charge is 2.10. The molecule has 0 spiro atoms. The highest BCUT2D eigenvalue weighted by molar-refractivity contribution is 8.04. The lowest BCUT2D eigenvalue weighted by molar-refractivity contribution is 0.532. The van der Waals surface area contributed by atoms with Crippen molar-refractivity contribution in [1.29, 1.82) is 0 Å². The third-order valence-electron chi connectivity index (χ3n) is 14.4. The van der Waals surface area contributed by atoms with Crippen molar-refractivity contribution in [3.8, 4) is 0 Å². The van der Waals surface area contributed by atoms with E-state index in [9.17, 15) is 0 Å². The number of thioether (sulfide) groups is 6. The molecule has 0 radical (unpaired) electrons. The minimum absolute atomic E-state index is 0.944. The van der Waals surface area contributed by atoms with Crippen LogP contribution in [0, 0.1) is 0 Å². The van der Waals surface area contributed by atoms with Gasteiger partial charge in [0.2, 0.25) is 0 Å². The highest BCUT2D eigenvalue weighted by Crippen LogP contribution is 2.26. The van der Waals surface area contributed by atoms with E-state index < -0.39 is 0 Å². The van der Waals surface area contributed by atoms with Gasteiger partial charge >= 0.3 is 0 Å². The lowest BCUT2D eigenvalue weighted by Gasteiger charge is -2.07. The molecule has 0 aliphatic rings. The van der Waals surface area contributed by atoms with Crippen LogP contribution in [0.1, 0.15) is 329 Å². The van der Waals surface area contributed by atoms with Crippen molar-refractivity contribution in [2.75, 3.05) is 51.8 Å². The van der Waals surface area contributed by atoms with Gasteiger partial charge in [0.1, 0.15) is 0 Å². The highest BCUT2D eigenvalue weighted by atomic mass is 32.2. The number of hydrogen-bond donors (Lipinski definition) is 0. The van der Waals surface area contributed by atoms with Gasteiger partial charge in [-0.3, -0.25) is 0 Å². The molecule has 1 rings (SSSR count). The average Bonchev–Trinajstić information content (AvgIpc) is 3.39. The summed E-state index contributed by atoms with van der Waals surface area (Å²) in [5, 5.41) is 2.83. The van der Waals surface area contributed by atoms with Crippen molar-refractivity contribution in [2.24, 2.45) is 0 Å². The van der Waals surface area contributed by atoms with Crippen molar-refractivity contribution >= 4 is 70.6 Å². The molecule has 0 N–H and O–H groups in total. The Bertz CT molecular complexity index is 1010. The van der Waals surface area contributed by atoms with Crippen LogP contribution in [0.25, 0.3) is 0 Å². The summed E-state index contributed by atoms with van der Waals surface area (Å²) in [5.74, 6) is 10.7. The normalized spacial score (nSPS) is 11.7. The molecular weight excluding hydrogens is 991 g/mol. The van der Waals surface area contributed by atoms with Crippen molar-refractivity contribution in [1.82, 2.24) is 15.0 Å². The van der Waals surface area contributed by atoms with Gasteiger partial charge < -0.3 is 0 Å². The van der Waals surface area contributed by atoms with E-state index in [1.807, 2.05) is 35.3 Å². The zero-order valence-corrected chi connectivity index (χ0v) is 53.5. The van der Waals surface area contributed by atoms with Gasteiger partial charge in [-0.2, -0.15) is 50.2 Å². The van der Waals surface area contributed by atoms with Crippen LogP contribution in [0.3, 0.4) is 0 Å². The standard InChI is InChI=1S/C63H123N3S6/c1-4-7-10-13-16-19-22-25-28-31-34-37-40-43-46-49-52-67-55-58-70-61-64-62(71-59-56-68-53-50-47-44-41-38-35-32-29-26-23-20-17-14-11-8-5-2)66-63(65-61)72-60-57-69-54-51-48-45-42-39-36-33-30-27-24-21-18-15-12-9-6-3/h4-60H2,1-3H3. The first kappa shape index (κ1) is 71.1. The zero-order valence-electron chi connectivity index (χ0n) is 48.6. The molecule has 1 aromatic heterocycles. The fourth-order valence-corrected chi connectivity index (χ4v) is 15.5. The molecule has 0 unspecified atom stereocenters. The Balaban J connectivity index is 2.23. The van der Waals surface area contributed by atoms with Gasteiger partial charge in [-0.1, -0.05) is 345 Å². The molecule has 0 saturated carbocycles. The molecule has 9 heteroatoms. The Morgan fingerprint density at radius 1 is 0.181 bits per heavy atom. The smallest absolute Gasteiger partial charge is 0.192 e. The number of hydrogen-bond acceptors (Lipinski definition) is 9. The second-order valence-electron chi connectivity index (χ2n) is 21.5. The SMILES string of the molecule is CCCCCCCCCCCCCCCCCCSCCSc1nc(SCCSCCCCCCCCCCCCCCCCCC)nc(SCCSCCCCCCCCCCCCCCCCCC)n1. The molecule has 426 valence electrons. The summed E-state index contributed by atoms with van der Waals surface area (Å²) in [6, 6.07) is 0. The number of unbranched alkanes of at least 4 members (excludes halogenated alkanes) is 45. The monoisotopic (exact) mass is 1110 g/mol. The Morgan fingerprint density at radius 2 is 0.333 bits per heavy atom. The minimum Gasteiger partial charge on any atom is -0.196 e. The first-order chi connectivity index (χ1) is 35.8. The molecule has 0 aromatic carbocycles. The van der Waals surface area contributed by atoms with E-state index >= 15 is 0 Å². The summed E-state index contributed by atoms with van der Waals surface area (Å²) >= 11 is 11.9. The molecule has 0 saturated heterocycles. The van der Waals surface area contributed by atoms with Gasteiger partial charge in [0.25, 0.3) is 0 Å². The molecule has 3 nitrogen and oxygen atoms in total. The Kier molecular flexibility index (Phi) is 62.2. The Hall–Kier alpha value is 1.11. The van der Waals surface area contributed by atoms with E-state index in [1.165, 1.54) is 343 Å². The van der Waals surface area contributed by atoms with Gasteiger partial charge in [0, 0.05) is 34.5 Å². The summed E-state index contributed by atoms with van der Waals surface area (Å²) in [6.07, 6.45) is 69.1. The largest absolute Gasteiger partial charge is 0.196 e. The molecule has 1 aromatic rings. The maximum absolute atomic E-state index is 4.97. The van der Waals surface area contributed by atoms with Crippen LogP contribution in [0.2, 0.25) is 0 Å². The van der Waals surface area contributed by atoms with E-state index in [0.717, 1.165) is 32.7 Å². The summed E-state index contributed by atoms with van der Waals surface area (Å²) in [7, 11) is 0. The molecule has 72 heavy (non-hydrogen) atoms. The van der Waals surface area contributed by atoms with Gasteiger partial charge in [-0.15, -0.1) is 0 Å². The maximum atomic E-state index is 4.97. The second kappa shape index (κ2) is 62.9. The number of rotatable bonds is 63. The van der Waals surface area contributed by atoms with Crippen molar-refractivity contribution in [2.45, 2.75) is 344 Å². The van der Waals surface area contributed by atoms with Gasteiger partial charge in [0.15, 0.2) is 15.5 Å². The molecule has 0 amide bonds. The van der Waals surface area contributed by atoms with Crippen LogP contribution >= 0.6 is 70.6 Å². The molecule has 0 fully saturated rings. The van der Waals surface area contributed by atoms with Gasteiger partial charge in [0.05, 0.1) is 0 Å². The van der Waals surface area contributed by atoms with Crippen LogP contribution < -0.4 is 0 Å². The third kappa shape index (κ3) is 55.9.